The number of nitrogens with one attached hydrogen (secondary N) is 2. The molecule has 0 amide bonds. The fraction of sp³-hybridized carbons (Fsp3) is 0.167. The van der Waals surface area contributed by atoms with Crippen molar-refractivity contribution in [2.45, 2.75) is 6.92 Å². The van der Waals surface area contributed by atoms with Gasteiger partial charge in [0.25, 0.3) is 0 Å². The first-order valence-electron chi connectivity index (χ1n) is 6.11. The van der Waals surface area contributed by atoms with Crippen molar-refractivity contribution in [1.29, 1.82) is 5.41 Å². The summed E-state index contributed by atoms with van der Waals surface area (Å²) in [6.45, 7) is 2.49. The number of anilines is 1. The van der Waals surface area contributed by atoms with E-state index >= 15 is 0 Å². The SMILES string of the molecule is CCOc1ccc(N2NOC(=O)C2=C2N=NC(=N)S2)cc1. The maximum Gasteiger partial charge on any atom is 0.379 e. The number of thioether (sulfide) groups is 1. The van der Waals surface area contributed by atoms with Crippen LogP contribution in [-0.2, 0) is 9.63 Å². The van der Waals surface area contributed by atoms with E-state index in [4.69, 9.17) is 15.0 Å². The van der Waals surface area contributed by atoms with Crippen LogP contribution in [0.2, 0.25) is 0 Å². The molecule has 0 bridgehead atoms. The summed E-state index contributed by atoms with van der Waals surface area (Å²) in [6.07, 6.45) is 0. The van der Waals surface area contributed by atoms with Crippen LogP contribution in [0.15, 0.2) is 45.2 Å². The van der Waals surface area contributed by atoms with Crippen molar-refractivity contribution in [3.05, 3.63) is 35.0 Å². The molecular weight excluding hydrogens is 294 g/mol. The number of carbonyl (C=O) groups is 1. The molecule has 9 heteroatoms. The van der Waals surface area contributed by atoms with Crippen molar-refractivity contribution in [1.82, 2.24) is 5.59 Å². The molecule has 0 atom stereocenters. The normalized spacial score (nSPS) is 21.1. The second-order valence-corrected chi connectivity index (χ2v) is 4.98. The molecule has 0 unspecified atom stereocenters. The summed E-state index contributed by atoms with van der Waals surface area (Å²) in [5.74, 6) is 0.165. The van der Waals surface area contributed by atoms with Gasteiger partial charge in [0, 0.05) is 0 Å². The van der Waals surface area contributed by atoms with E-state index in [0.29, 0.717) is 17.3 Å². The number of azo groups is 1. The minimum Gasteiger partial charge on any atom is -0.494 e. The Kier molecular flexibility index (Phi) is 3.59. The number of carbonyl (C=O) groups excluding carboxylic acids is 1. The van der Waals surface area contributed by atoms with Gasteiger partial charge >= 0.3 is 5.97 Å². The highest BCUT2D eigenvalue weighted by molar-refractivity contribution is 8.17. The van der Waals surface area contributed by atoms with Crippen molar-refractivity contribution in [2.24, 2.45) is 10.2 Å². The number of amidine groups is 1. The molecule has 0 spiro atoms. The number of nitrogens with zero attached hydrogens (tertiary/aromatic N) is 3. The van der Waals surface area contributed by atoms with Crippen LogP contribution >= 0.6 is 11.8 Å². The summed E-state index contributed by atoms with van der Waals surface area (Å²) in [7, 11) is 0. The fourth-order valence-corrected chi connectivity index (χ4v) is 2.43. The van der Waals surface area contributed by atoms with Gasteiger partial charge in [-0.3, -0.25) is 5.41 Å². The van der Waals surface area contributed by atoms with E-state index in [0.717, 1.165) is 17.5 Å². The quantitative estimate of drug-likeness (QED) is 0.830. The van der Waals surface area contributed by atoms with Crippen molar-refractivity contribution >= 4 is 28.6 Å². The lowest BCUT2D eigenvalue weighted by molar-refractivity contribution is -0.140. The maximum absolute atomic E-state index is 11.8. The third kappa shape index (κ3) is 2.60. The molecule has 21 heavy (non-hydrogen) atoms. The van der Waals surface area contributed by atoms with Crippen molar-refractivity contribution in [3.8, 4) is 5.75 Å². The van der Waals surface area contributed by atoms with E-state index < -0.39 is 5.97 Å². The zero-order valence-electron chi connectivity index (χ0n) is 11.0. The molecule has 1 saturated heterocycles. The number of ether oxygens (including phenoxy) is 1. The zero-order chi connectivity index (χ0) is 14.8. The molecule has 2 heterocycles. The van der Waals surface area contributed by atoms with Crippen LogP contribution in [0.4, 0.5) is 5.69 Å². The third-order valence-electron chi connectivity index (χ3n) is 2.68. The van der Waals surface area contributed by atoms with E-state index in [-0.39, 0.29) is 10.9 Å². The fourth-order valence-electron chi connectivity index (χ4n) is 1.81. The van der Waals surface area contributed by atoms with Crippen molar-refractivity contribution in [2.75, 3.05) is 11.6 Å². The topological polar surface area (TPSA) is 99.4 Å². The lowest BCUT2D eigenvalue weighted by atomic mass is 10.3. The van der Waals surface area contributed by atoms with Gasteiger partial charge in [0.1, 0.15) is 5.75 Å². The van der Waals surface area contributed by atoms with E-state index in [2.05, 4.69) is 15.8 Å². The Morgan fingerprint density at radius 1 is 1.38 bits per heavy atom. The molecule has 0 aromatic heterocycles. The molecule has 2 N–H and O–H groups in total. The molecular formula is C12H11N5O3S. The minimum absolute atomic E-state index is 0.0313. The number of rotatable bonds is 3. The van der Waals surface area contributed by atoms with Gasteiger partial charge in [-0.1, -0.05) is 5.59 Å². The van der Waals surface area contributed by atoms with Gasteiger partial charge in [0.2, 0.25) is 5.17 Å². The maximum atomic E-state index is 11.8. The lowest BCUT2D eigenvalue weighted by Crippen LogP contribution is -2.28. The summed E-state index contributed by atoms with van der Waals surface area (Å²) in [5, 5.41) is 16.6. The molecule has 1 aromatic carbocycles. The molecule has 2 aliphatic heterocycles. The Morgan fingerprint density at radius 3 is 2.76 bits per heavy atom. The van der Waals surface area contributed by atoms with Crippen LogP contribution in [0.3, 0.4) is 0 Å². The molecule has 3 rings (SSSR count). The first-order valence-corrected chi connectivity index (χ1v) is 6.93. The van der Waals surface area contributed by atoms with E-state index in [9.17, 15) is 4.79 Å². The van der Waals surface area contributed by atoms with E-state index in [1.54, 1.807) is 24.3 Å². The van der Waals surface area contributed by atoms with Crippen molar-refractivity contribution in [3.63, 3.8) is 0 Å². The van der Waals surface area contributed by atoms with Gasteiger partial charge in [0.05, 0.1) is 12.3 Å². The first kappa shape index (κ1) is 13.6. The number of hydrogen-bond donors (Lipinski definition) is 2. The van der Waals surface area contributed by atoms with E-state index in [1.165, 1.54) is 5.01 Å². The number of hydrazine groups is 1. The molecule has 8 nitrogen and oxygen atoms in total. The summed E-state index contributed by atoms with van der Waals surface area (Å²) >= 11 is 0.999. The van der Waals surface area contributed by atoms with Crippen LogP contribution < -0.4 is 15.3 Å². The number of benzene rings is 1. The molecule has 2 aliphatic rings. The zero-order valence-corrected chi connectivity index (χ0v) is 11.8. The summed E-state index contributed by atoms with van der Waals surface area (Å²) < 4.78 is 5.37. The highest BCUT2D eigenvalue weighted by Gasteiger charge is 2.35. The number of hydrogen-bond acceptors (Lipinski definition) is 8. The van der Waals surface area contributed by atoms with Crippen LogP contribution in [0.1, 0.15) is 6.92 Å². The lowest BCUT2D eigenvalue weighted by Gasteiger charge is -2.16. The Bertz CT molecular complexity index is 655. The minimum atomic E-state index is -0.569. The highest BCUT2D eigenvalue weighted by atomic mass is 32.2. The third-order valence-corrected chi connectivity index (χ3v) is 3.42. The van der Waals surface area contributed by atoms with Gasteiger partial charge in [-0.2, -0.15) is 0 Å². The summed E-state index contributed by atoms with van der Waals surface area (Å²) in [6, 6.07) is 7.14. The van der Waals surface area contributed by atoms with E-state index in [1.807, 2.05) is 6.92 Å². The largest absolute Gasteiger partial charge is 0.494 e. The molecule has 0 aliphatic carbocycles. The second kappa shape index (κ2) is 5.54. The smallest absolute Gasteiger partial charge is 0.379 e. The van der Waals surface area contributed by atoms with Gasteiger partial charge in [-0.05, 0) is 43.0 Å². The first-order chi connectivity index (χ1) is 10.2. The van der Waals surface area contributed by atoms with Crippen LogP contribution in [-0.4, -0.2) is 17.7 Å². The predicted molar refractivity (Wildman–Crippen MR) is 76.5 cm³/mol. The molecule has 108 valence electrons. The molecule has 1 fully saturated rings. The van der Waals surface area contributed by atoms with Crippen LogP contribution in [0.5, 0.6) is 5.75 Å². The molecule has 1 aromatic rings. The monoisotopic (exact) mass is 305 g/mol. The summed E-state index contributed by atoms with van der Waals surface area (Å²) in [4.78, 5) is 16.6. The predicted octanol–water partition coefficient (Wildman–Crippen LogP) is 2.17. The molecule has 0 radical (unpaired) electrons. The van der Waals surface area contributed by atoms with Gasteiger partial charge < -0.3 is 9.57 Å². The Labute approximate surface area is 124 Å². The average molecular weight is 305 g/mol. The van der Waals surface area contributed by atoms with Crippen LogP contribution in [0.25, 0.3) is 0 Å². The van der Waals surface area contributed by atoms with Gasteiger partial charge in [-0.25, -0.2) is 9.80 Å². The Morgan fingerprint density at radius 2 is 2.14 bits per heavy atom. The Balaban J connectivity index is 1.92. The average Bonchev–Trinajstić information content (AvgIpc) is 3.06. The van der Waals surface area contributed by atoms with Crippen LogP contribution in [0, 0.1) is 5.41 Å². The Hall–Kier alpha value is -2.39. The highest BCUT2D eigenvalue weighted by Crippen LogP contribution is 2.34. The second-order valence-electron chi connectivity index (χ2n) is 4.00. The standard InChI is InChI=1S/C12H11N5O3S/c1-2-19-8-5-3-7(4-6-8)17-9(11(18)20-16-17)10-14-15-12(13)21-10/h3-6,13,16H,2H2,1H3. The van der Waals surface area contributed by atoms with Crippen molar-refractivity contribution < 1.29 is 14.4 Å². The van der Waals surface area contributed by atoms with Gasteiger partial charge in [0.15, 0.2) is 10.7 Å². The molecule has 0 saturated carbocycles. The van der Waals surface area contributed by atoms with Gasteiger partial charge in [-0.15, -0.1) is 10.2 Å². The summed E-state index contributed by atoms with van der Waals surface area (Å²) in [5.41, 5.74) is 3.40.